The summed E-state index contributed by atoms with van der Waals surface area (Å²) in [6.45, 7) is 2.29. The number of aryl methyl sites for hydroxylation is 1. The fraction of sp³-hybridized carbons (Fsp3) is 0.350. The van der Waals surface area contributed by atoms with E-state index in [2.05, 4.69) is 15.5 Å². The smallest absolute Gasteiger partial charge is 0.274 e. The predicted molar refractivity (Wildman–Crippen MR) is 98.3 cm³/mol. The summed E-state index contributed by atoms with van der Waals surface area (Å²) in [6, 6.07) is 12.1. The van der Waals surface area contributed by atoms with Gasteiger partial charge in [0.1, 0.15) is 12.2 Å². The van der Waals surface area contributed by atoms with Crippen LogP contribution in [0.15, 0.2) is 47.1 Å². The van der Waals surface area contributed by atoms with Crippen LogP contribution in [0.25, 0.3) is 23.0 Å². The van der Waals surface area contributed by atoms with Gasteiger partial charge in [-0.05, 0) is 31.9 Å². The molecule has 0 radical (unpaired) electrons. The van der Waals surface area contributed by atoms with Gasteiger partial charge < -0.3 is 14.4 Å². The number of carbonyl (C=O) groups excluding carboxylic acids is 1. The van der Waals surface area contributed by atoms with E-state index in [9.17, 15) is 4.79 Å². The van der Waals surface area contributed by atoms with E-state index in [1.807, 2.05) is 54.1 Å². The van der Waals surface area contributed by atoms with Crippen LogP contribution in [0.5, 0.6) is 0 Å². The molecule has 1 fully saturated rings. The molecule has 1 amide bonds. The number of carbonyl (C=O) groups is 1. The van der Waals surface area contributed by atoms with Gasteiger partial charge in [0.05, 0.1) is 0 Å². The quantitative estimate of drug-likeness (QED) is 0.763. The summed E-state index contributed by atoms with van der Waals surface area (Å²) in [6.07, 6.45) is 6.41. The summed E-state index contributed by atoms with van der Waals surface area (Å²) in [7, 11) is 0. The van der Waals surface area contributed by atoms with Crippen LogP contribution in [0.4, 0.5) is 0 Å². The molecule has 1 N–H and O–H groups in total. The minimum atomic E-state index is 0.0209. The van der Waals surface area contributed by atoms with Gasteiger partial charge in [0, 0.05) is 17.8 Å². The second-order valence-corrected chi connectivity index (χ2v) is 6.86. The summed E-state index contributed by atoms with van der Waals surface area (Å²) < 4.78 is 7.28. The van der Waals surface area contributed by atoms with E-state index < -0.39 is 0 Å². The SMILES string of the molecule is Cc1ccc(-c2noc(-c3cccn3CC(=O)NC3CCCC3)n2)cc1. The minimum Gasteiger partial charge on any atom is -0.352 e. The minimum absolute atomic E-state index is 0.0209. The highest BCUT2D eigenvalue weighted by atomic mass is 16.5. The van der Waals surface area contributed by atoms with Crippen molar-refractivity contribution in [1.29, 1.82) is 0 Å². The van der Waals surface area contributed by atoms with Crippen LogP contribution >= 0.6 is 0 Å². The molecule has 0 unspecified atom stereocenters. The van der Waals surface area contributed by atoms with Gasteiger partial charge in [-0.25, -0.2) is 0 Å². The van der Waals surface area contributed by atoms with Gasteiger partial charge in [-0.15, -0.1) is 0 Å². The second-order valence-electron chi connectivity index (χ2n) is 6.86. The molecule has 2 heterocycles. The van der Waals surface area contributed by atoms with E-state index in [-0.39, 0.29) is 12.5 Å². The Bertz CT molecular complexity index is 889. The highest BCUT2D eigenvalue weighted by Crippen LogP contribution is 2.23. The maximum absolute atomic E-state index is 12.3. The average Bonchev–Trinajstić information content (AvgIpc) is 3.36. The van der Waals surface area contributed by atoms with Crippen LogP contribution in [0.2, 0.25) is 0 Å². The van der Waals surface area contributed by atoms with Crippen molar-refractivity contribution in [1.82, 2.24) is 20.0 Å². The molecule has 134 valence electrons. The summed E-state index contributed by atoms with van der Waals surface area (Å²) in [5.41, 5.74) is 2.83. The van der Waals surface area contributed by atoms with Crippen molar-refractivity contribution in [2.75, 3.05) is 0 Å². The number of hydrogen-bond acceptors (Lipinski definition) is 4. The van der Waals surface area contributed by atoms with E-state index in [0.717, 1.165) is 24.1 Å². The number of benzene rings is 1. The molecule has 2 aromatic heterocycles. The molecule has 0 aliphatic heterocycles. The molecule has 3 aromatic rings. The Balaban J connectivity index is 1.49. The molecule has 6 nitrogen and oxygen atoms in total. The highest BCUT2D eigenvalue weighted by molar-refractivity contribution is 5.76. The van der Waals surface area contributed by atoms with Crippen molar-refractivity contribution in [3.63, 3.8) is 0 Å². The molecule has 6 heteroatoms. The fourth-order valence-electron chi connectivity index (χ4n) is 3.39. The Labute approximate surface area is 152 Å². The van der Waals surface area contributed by atoms with Gasteiger partial charge in [0.15, 0.2) is 0 Å². The number of amides is 1. The Kier molecular flexibility index (Phi) is 4.56. The Hall–Kier alpha value is -2.89. The maximum atomic E-state index is 12.3. The van der Waals surface area contributed by atoms with Crippen LogP contribution in [-0.4, -0.2) is 26.7 Å². The van der Waals surface area contributed by atoms with Crippen molar-refractivity contribution < 1.29 is 9.32 Å². The lowest BCUT2D eigenvalue weighted by atomic mass is 10.1. The van der Waals surface area contributed by atoms with Gasteiger partial charge in [0.25, 0.3) is 5.89 Å². The number of nitrogens with zero attached hydrogens (tertiary/aromatic N) is 3. The molecule has 1 saturated carbocycles. The standard InChI is InChI=1S/C20H22N4O2/c1-14-8-10-15(11-9-14)19-22-20(26-23-19)17-7-4-12-24(17)13-18(25)21-16-5-2-3-6-16/h4,7-12,16H,2-3,5-6,13H2,1H3,(H,21,25). The van der Waals surface area contributed by atoms with E-state index in [0.29, 0.717) is 17.8 Å². The summed E-state index contributed by atoms with van der Waals surface area (Å²) >= 11 is 0. The first-order valence-electron chi connectivity index (χ1n) is 9.05. The van der Waals surface area contributed by atoms with E-state index in [1.54, 1.807) is 0 Å². The first-order valence-corrected chi connectivity index (χ1v) is 9.05. The zero-order valence-electron chi connectivity index (χ0n) is 14.8. The number of nitrogens with one attached hydrogen (secondary N) is 1. The summed E-state index contributed by atoms with van der Waals surface area (Å²) in [5, 5.41) is 7.18. The van der Waals surface area contributed by atoms with Gasteiger partial charge in [0.2, 0.25) is 11.7 Å². The zero-order chi connectivity index (χ0) is 17.9. The van der Waals surface area contributed by atoms with Gasteiger partial charge >= 0.3 is 0 Å². The van der Waals surface area contributed by atoms with Crippen LogP contribution in [0.3, 0.4) is 0 Å². The molecular formula is C20H22N4O2. The molecule has 0 atom stereocenters. The third kappa shape index (κ3) is 3.54. The van der Waals surface area contributed by atoms with E-state index in [1.165, 1.54) is 18.4 Å². The topological polar surface area (TPSA) is 73.0 Å². The van der Waals surface area contributed by atoms with Gasteiger partial charge in [-0.2, -0.15) is 4.98 Å². The number of rotatable bonds is 5. The largest absolute Gasteiger partial charge is 0.352 e. The maximum Gasteiger partial charge on any atom is 0.274 e. The molecule has 0 spiro atoms. The average molecular weight is 350 g/mol. The normalized spacial score (nSPS) is 14.7. The lowest BCUT2D eigenvalue weighted by molar-refractivity contribution is -0.122. The third-order valence-electron chi connectivity index (χ3n) is 4.82. The molecule has 1 aliphatic rings. The number of hydrogen-bond donors (Lipinski definition) is 1. The molecule has 1 aliphatic carbocycles. The van der Waals surface area contributed by atoms with Crippen molar-refractivity contribution in [2.45, 2.75) is 45.2 Å². The van der Waals surface area contributed by atoms with Crippen molar-refractivity contribution in [2.24, 2.45) is 0 Å². The summed E-state index contributed by atoms with van der Waals surface area (Å²) in [4.78, 5) is 16.8. The number of aromatic nitrogens is 3. The Morgan fingerprint density at radius 1 is 1.23 bits per heavy atom. The highest BCUT2D eigenvalue weighted by Gasteiger charge is 2.19. The predicted octanol–water partition coefficient (Wildman–Crippen LogP) is 3.57. The first-order chi connectivity index (χ1) is 12.7. The van der Waals surface area contributed by atoms with E-state index >= 15 is 0 Å². The Morgan fingerprint density at radius 3 is 2.77 bits per heavy atom. The zero-order valence-corrected chi connectivity index (χ0v) is 14.8. The Morgan fingerprint density at radius 2 is 2.00 bits per heavy atom. The third-order valence-corrected chi connectivity index (χ3v) is 4.82. The van der Waals surface area contributed by atoms with Gasteiger partial charge in [-0.1, -0.05) is 47.8 Å². The van der Waals surface area contributed by atoms with Crippen LogP contribution in [0, 0.1) is 6.92 Å². The van der Waals surface area contributed by atoms with Crippen molar-refractivity contribution in [3.8, 4) is 23.0 Å². The van der Waals surface area contributed by atoms with Crippen LogP contribution < -0.4 is 5.32 Å². The summed E-state index contributed by atoms with van der Waals surface area (Å²) in [5.74, 6) is 0.982. The van der Waals surface area contributed by atoms with Crippen molar-refractivity contribution in [3.05, 3.63) is 48.2 Å². The molecule has 0 bridgehead atoms. The molecule has 0 saturated heterocycles. The van der Waals surface area contributed by atoms with E-state index in [4.69, 9.17) is 4.52 Å². The molecule has 1 aromatic carbocycles. The first kappa shape index (κ1) is 16.6. The lowest BCUT2D eigenvalue weighted by Crippen LogP contribution is -2.35. The molecular weight excluding hydrogens is 328 g/mol. The van der Waals surface area contributed by atoms with Crippen LogP contribution in [0.1, 0.15) is 31.2 Å². The monoisotopic (exact) mass is 350 g/mol. The molecule has 26 heavy (non-hydrogen) atoms. The lowest BCUT2D eigenvalue weighted by Gasteiger charge is -2.13. The second kappa shape index (κ2) is 7.15. The van der Waals surface area contributed by atoms with Crippen LogP contribution in [-0.2, 0) is 11.3 Å². The van der Waals surface area contributed by atoms with Crippen molar-refractivity contribution >= 4 is 5.91 Å². The van der Waals surface area contributed by atoms with Gasteiger partial charge in [-0.3, -0.25) is 4.79 Å². The fourth-order valence-corrected chi connectivity index (χ4v) is 3.39. The molecule has 4 rings (SSSR count).